The smallest absolute Gasteiger partial charge is 0.243 e. The van der Waals surface area contributed by atoms with Crippen LogP contribution in [0.25, 0.3) is 0 Å². The zero-order valence-corrected chi connectivity index (χ0v) is 20.0. The van der Waals surface area contributed by atoms with Gasteiger partial charge in [-0.3, -0.25) is 4.79 Å². The number of nitrogens with zero attached hydrogens (tertiary/aromatic N) is 3. The van der Waals surface area contributed by atoms with Crippen LogP contribution in [-0.2, 0) is 27.0 Å². The van der Waals surface area contributed by atoms with E-state index in [1.54, 1.807) is 47.4 Å². The lowest BCUT2D eigenvalue weighted by atomic mass is 10.1. The van der Waals surface area contributed by atoms with E-state index in [9.17, 15) is 13.2 Å². The third kappa shape index (κ3) is 5.92. The number of aryl methyl sites for hydroxylation is 1. The van der Waals surface area contributed by atoms with E-state index >= 15 is 0 Å². The van der Waals surface area contributed by atoms with Crippen molar-refractivity contribution in [3.05, 3.63) is 52.2 Å². The number of anilines is 1. The van der Waals surface area contributed by atoms with Crippen molar-refractivity contribution >= 4 is 55.5 Å². The fraction of sp³-hybridized carbons (Fsp3) is 0.350. The summed E-state index contributed by atoms with van der Waals surface area (Å²) in [6.07, 6.45) is 2.63. The summed E-state index contributed by atoms with van der Waals surface area (Å²) in [5.41, 5.74) is 0.917. The first-order valence-electron chi connectivity index (χ1n) is 9.88. The summed E-state index contributed by atoms with van der Waals surface area (Å²) in [7, 11) is -3.41. The van der Waals surface area contributed by atoms with E-state index in [4.69, 9.17) is 0 Å². The Morgan fingerprint density at radius 2 is 1.90 bits per heavy atom. The zero-order chi connectivity index (χ0) is 21.7. The van der Waals surface area contributed by atoms with Gasteiger partial charge in [0.25, 0.3) is 0 Å². The van der Waals surface area contributed by atoms with Gasteiger partial charge in [0.2, 0.25) is 21.1 Å². The highest BCUT2D eigenvalue weighted by Gasteiger charge is 2.26. The van der Waals surface area contributed by atoms with Gasteiger partial charge in [0, 0.05) is 30.1 Å². The molecule has 1 fully saturated rings. The van der Waals surface area contributed by atoms with Crippen molar-refractivity contribution in [3.8, 4) is 0 Å². The molecule has 0 aliphatic carbocycles. The molecular weight excluding hydrogens is 473 g/mol. The van der Waals surface area contributed by atoms with Gasteiger partial charge in [-0.1, -0.05) is 41.3 Å². The Balaban J connectivity index is 1.25. The number of sulfonamides is 1. The minimum atomic E-state index is -3.41. The molecule has 31 heavy (non-hydrogen) atoms. The summed E-state index contributed by atoms with van der Waals surface area (Å²) in [6, 6.07) is 10.9. The Morgan fingerprint density at radius 1 is 1.13 bits per heavy atom. The molecule has 1 aromatic carbocycles. The molecule has 2 aromatic heterocycles. The van der Waals surface area contributed by atoms with E-state index < -0.39 is 10.0 Å². The van der Waals surface area contributed by atoms with Crippen molar-refractivity contribution in [2.24, 2.45) is 0 Å². The van der Waals surface area contributed by atoms with Crippen LogP contribution in [0.15, 0.2) is 51.0 Å². The van der Waals surface area contributed by atoms with Gasteiger partial charge >= 0.3 is 0 Å². The van der Waals surface area contributed by atoms with Crippen LogP contribution >= 0.6 is 34.4 Å². The normalized spacial score (nSPS) is 14.7. The number of hydrogen-bond acceptors (Lipinski definition) is 8. The van der Waals surface area contributed by atoms with Gasteiger partial charge in [-0.15, -0.1) is 21.5 Å². The molecule has 0 atom stereocenters. The van der Waals surface area contributed by atoms with Gasteiger partial charge in [-0.2, -0.15) is 4.31 Å². The second-order valence-corrected chi connectivity index (χ2v) is 12.2. The lowest BCUT2D eigenvalue weighted by molar-refractivity contribution is -0.116. The lowest BCUT2D eigenvalue weighted by Crippen LogP contribution is -2.27. The number of thiophene rings is 1. The Hall–Kier alpha value is -1.79. The minimum Gasteiger partial charge on any atom is -0.300 e. The molecule has 4 rings (SSSR count). The van der Waals surface area contributed by atoms with Gasteiger partial charge in [-0.25, -0.2) is 8.42 Å². The number of amides is 1. The zero-order valence-electron chi connectivity index (χ0n) is 16.7. The van der Waals surface area contributed by atoms with E-state index in [1.165, 1.54) is 20.5 Å². The van der Waals surface area contributed by atoms with E-state index in [0.717, 1.165) is 28.5 Å². The fourth-order valence-corrected chi connectivity index (χ4v) is 7.25. The second-order valence-electron chi connectivity index (χ2n) is 7.04. The van der Waals surface area contributed by atoms with Crippen molar-refractivity contribution < 1.29 is 13.2 Å². The van der Waals surface area contributed by atoms with Crippen molar-refractivity contribution in [1.29, 1.82) is 0 Å². The largest absolute Gasteiger partial charge is 0.300 e. The summed E-state index contributed by atoms with van der Waals surface area (Å²) in [6.45, 7) is 1.17. The highest BCUT2D eigenvalue weighted by atomic mass is 32.2. The molecule has 7 nitrogen and oxygen atoms in total. The highest BCUT2D eigenvalue weighted by Crippen LogP contribution is 2.29. The number of carbonyl (C=O) groups excluding carboxylic acids is 1. The maximum absolute atomic E-state index is 12.6. The standard InChI is InChI=1S/C20H22N4O3S4/c25-18(21-19-22-23-20(30-19)29-14-16-4-3-13-28-16)10-7-15-5-8-17(9-6-15)31(26,27)24-11-1-2-12-24/h3-6,8-9,13H,1-2,7,10-12,14H2,(H,21,22,25). The predicted molar refractivity (Wildman–Crippen MR) is 125 cm³/mol. The van der Waals surface area contributed by atoms with Crippen molar-refractivity contribution in [2.45, 2.75) is 40.7 Å². The first-order valence-corrected chi connectivity index (χ1v) is 14.0. The number of carbonyl (C=O) groups is 1. The maximum Gasteiger partial charge on any atom is 0.243 e. The number of thioether (sulfide) groups is 1. The highest BCUT2D eigenvalue weighted by molar-refractivity contribution is 8.00. The summed E-state index contributed by atoms with van der Waals surface area (Å²) in [5, 5.41) is 13.5. The number of rotatable bonds is 9. The van der Waals surface area contributed by atoms with Crippen LogP contribution < -0.4 is 5.32 Å². The molecule has 0 spiro atoms. The van der Waals surface area contributed by atoms with E-state index in [2.05, 4.69) is 21.6 Å². The van der Waals surface area contributed by atoms with Crippen LogP contribution in [0.5, 0.6) is 0 Å². The Bertz CT molecular complexity index is 1110. The Labute approximate surface area is 194 Å². The van der Waals surface area contributed by atoms with Crippen molar-refractivity contribution in [1.82, 2.24) is 14.5 Å². The molecule has 3 aromatic rings. The van der Waals surface area contributed by atoms with Crippen LogP contribution in [0.2, 0.25) is 0 Å². The maximum atomic E-state index is 12.6. The summed E-state index contributed by atoms with van der Waals surface area (Å²) < 4.78 is 27.5. The lowest BCUT2D eigenvalue weighted by Gasteiger charge is -2.15. The number of benzene rings is 1. The number of nitrogens with one attached hydrogen (secondary N) is 1. The van der Waals surface area contributed by atoms with E-state index in [1.807, 2.05) is 11.4 Å². The molecule has 1 amide bonds. The summed E-state index contributed by atoms with van der Waals surface area (Å²) in [5.74, 6) is 0.698. The van der Waals surface area contributed by atoms with Crippen LogP contribution in [-0.4, -0.2) is 41.9 Å². The van der Waals surface area contributed by atoms with E-state index in [-0.39, 0.29) is 12.3 Å². The molecule has 3 heterocycles. The fourth-order valence-electron chi connectivity index (χ4n) is 3.19. The molecule has 1 N–H and O–H groups in total. The predicted octanol–water partition coefficient (Wildman–Crippen LogP) is 4.25. The molecular formula is C20H22N4O3S4. The third-order valence-corrected chi connectivity index (χ3v) is 9.83. The molecule has 164 valence electrons. The quantitative estimate of drug-likeness (QED) is 0.353. The summed E-state index contributed by atoms with van der Waals surface area (Å²) in [4.78, 5) is 13.8. The first kappa shape index (κ1) is 22.4. The number of hydrogen-bond donors (Lipinski definition) is 1. The Kier molecular flexibility index (Phi) is 7.39. The van der Waals surface area contributed by atoms with Crippen LogP contribution in [0.3, 0.4) is 0 Å². The molecule has 0 unspecified atom stereocenters. The van der Waals surface area contributed by atoms with Crippen LogP contribution in [0.1, 0.15) is 29.7 Å². The van der Waals surface area contributed by atoms with Gasteiger partial charge in [0.1, 0.15) is 0 Å². The average Bonchev–Trinajstić information content (AvgIpc) is 3.54. The van der Waals surface area contributed by atoms with Crippen molar-refractivity contribution in [2.75, 3.05) is 18.4 Å². The van der Waals surface area contributed by atoms with Gasteiger partial charge in [-0.05, 0) is 48.4 Å². The summed E-state index contributed by atoms with van der Waals surface area (Å²) >= 11 is 4.67. The molecule has 0 bridgehead atoms. The van der Waals surface area contributed by atoms with Gasteiger partial charge in [0.15, 0.2) is 4.34 Å². The monoisotopic (exact) mass is 494 g/mol. The molecule has 1 aliphatic rings. The Morgan fingerprint density at radius 3 is 2.61 bits per heavy atom. The number of aromatic nitrogens is 2. The van der Waals surface area contributed by atoms with Gasteiger partial charge in [0.05, 0.1) is 4.90 Å². The molecule has 0 radical (unpaired) electrons. The second kappa shape index (κ2) is 10.2. The van der Waals surface area contributed by atoms with Crippen LogP contribution in [0, 0.1) is 0 Å². The molecule has 11 heteroatoms. The van der Waals surface area contributed by atoms with Gasteiger partial charge < -0.3 is 5.32 Å². The molecule has 1 saturated heterocycles. The SMILES string of the molecule is O=C(CCc1ccc(S(=O)(=O)N2CCCC2)cc1)Nc1nnc(SCc2cccs2)s1. The topological polar surface area (TPSA) is 92.3 Å². The van der Waals surface area contributed by atoms with Crippen molar-refractivity contribution in [3.63, 3.8) is 0 Å². The van der Waals surface area contributed by atoms with E-state index in [0.29, 0.717) is 29.5 Å². The molecule has 0 saturated carbocycles. The average molecular weight is 495 g/mol. The molecule has 1 aliphatic heterocycles. The van der Waals surface area contributed by atoms with Crippen LogP contribution in [0.4, 0.5) is 5.13 Å². The minimum absolute atomic E-state index is 0.139. The first-order chi connectivity index (χ1) is 15.0. The third-order valence-electron chi connectivity index (χ3n) is 4.84.